The average Bonchev–Trinajstić information content (AvgIpc) is 3.21. The Hall–Kier alpha value is -2.95. The van der Waals surface area contributed by atoms with E-state index in [2.05, 4.69) is 17.6 Å². The van der Waals surface area contributed by atoms with Crippen LogP contribution >= 0.6 is 12.6 Å². The van der Waals surface area contributed by atoms with Gasteiger partial charge in [-0.15, -0.1) is 0 Å². The standard InChI is InChI=1S/C23H24N4O4S2/c1-26(21(22(24)28)19-8-4-5-11-25-19)23(29)20-13-17(32)14-27(20)33(30,31)18-10-9-15-6-2-3-7-16(15)12-18/h2-12,17,20-21,32H,13-14H2,1H3,(H2,24,28)/t17-,20+,21?/m1/s1. The van der Waals surface area contributed by atoms with Gasteiger partial charge in [0.15, 0.2) is 6.04 Å². The van der Waals surface area contributed by atoms with Crippen LogP contribution in [0.5, 0.6) is 0 Å². The van der Waals surface area contributed by atoms with Crippen LogP contribution in [-0.2, 0) is 19.6 Å². The van der Waals surface area contributed by atoms with E-state index >= 15 is 0 Å². The topological polar surface area (TPSA) is 114 Å². The molecular weight excluding hydrogens is 460 g/mol. The predicted octanol–water partition coefficient (Wildman–Crippen LogP) is 1.98. The number of carbonyl (C=O) groups is 2. The summed E-state index contributed by atoms with van der Waals surface area (Å²) >= 11 is 4.46. The molecule has 8 nitrogen and oxygen atoms in total. The normalized spacial score (nSPS) is 19.9. The van der Waals surface area contributed by atoms with E-state index in [1.54, 1.807) is 30.3 Å². The Labute approximate surface area is 197 Å². The predicted molar refractivity (Wildman–Crippen MR) is 128 cm³/mol. The number of amides is 2. The van der Waals surface area contributed by atoms with E-state index in [9.17, 15) is 18.0 Å². The van der Waals surface area contributed by atoms with Crippen LogP contribution in [0.1, 0.15) is 18.2 Å². The molecule has 1 unspecified atom stereocenters. The van der Waals surface area contributed by atoms with E-state index in [4.69, 9.17) is 5.73 Å². The molecule has 2 heterocycles. The van der Waals surface area contributed by atoms with Crippen LogP contribution in [-0.4, -0.2) is 59.3 Å². The fraction of sp³-hybridized carbons (Fsp3) is 0.261. The van der Waals surface area contributed by atoms with Crippen LogP contribution in [0.3, 0.4) is 0 Å². The van der Waals surface area contributed by atoms with Gasteiger partial charge in [0.2, 0.25) is 21.8 Å². The third-order valence-electron chi connectivity index (χ3n) is 5.82. The van der Waals surface area contributed by atoms with Gasteiger partial charge in [0.05, 0.1) is 10.6 Å². The number of hydrogen-bond donors (Lipinski definition) is 2. The molecule has 3 aromatic rings. The van der Waals surface area contributed by atoms with Crippen molar-refractivity contribution in [3.05, 3.63) is 72.6 Å². The van der Waals surface area contributed by atoms with Gasteiger partial charge in [0, 0.05) is 25.0 Å². The Bertz CT molecular complexity index is 1300. The second-order valence-corrected chi connectivity index (χ2v) is 10.6. The van der Waals surface area contributed by atoms with Crippen molar-refractivity contribution in [2.45, 2.75) is 28.6 Å². The Morgan fingerprint density at radius 2 is 1.82 bits per heavy atom. The lowest BCUT2D eigenvalue weighted by molar-refractivity contribution is -0.140. The van der Waals surface area contributed by atoms with Gasteiger partial charge in [-0.2, -0.15) is 16.9 Å². The van der Waals surface area contributed by atoms with Crippen LogP contribution in [0.25, 0.3) is 10.8 Å². The lowest BCUT2D eigenvalue weighted by atomic mass is 10.1. The molecular formula is C23H24N4O4S2. The fourth-order valence-electron chi connectivity index (χ4n) is 4.17. The van der Waals surface area contributed by atoms with Crippen molar-refractivity contribution >= 4 is 45.2 Å². The maximum absolute atomic E-state index is 13.6. The minimum Gasteiger partial charge on any atom is -0.368 e. The van der Waals surface area contributed by atoms with E-state index in [1.165, 1.54) is 28.5 Å². The summed E-state index contributed by atoms with van der Waals surface area (Å²) in [6, 6.07) is 15.2. The van der Waals surface area contributed by atoms with E-state index in [-0.39, 0.29) is 23.1 Å². The number of aromatic nitrogens is 1. The molecule has 1 aromatic heterocycles. The van der Waals surface area contributed by atoms with Crippen molar-refractivity contribution in [3.63, 3.8) is 0 Å². The maximum Gasteiger partial charge on any atom is 0.246 e. The molecule has 1 aliphatic rings. The lowest BCUT2D eigenvalue weighted by Crippen LogP contribution is -2.49. The van der Waals surface area contributed by atoms with Crippen molar-refractivity contribution in [3.8, 4) is 0 Å². The molecule has 1 saturated heterocycles. The molecule has 33 heavy (non-hydrogen) atoms. The molecule has 10 heteroatoms. The summed E-state index contributed by atoms with van der Waals surface area (Å²) in [5.74, 6) is -1.29. The zero-order chi connectivity index (χ0) is 23.8. The first-order chi connectivity index (χ1) is 15.7. The van der Waals surface area contributed by atoms with Gasteiger partial charge in [-0.3, -0.25) is 14.6 Å². The molecule has 2 amide bonds. The van der Waals surface area contributed by atoms with Crippen molar-refractivity contribution in [1.82, 2.24) is 14.2 Å². The molecule has 3 atom stereocenters. The molecule has 4 rings (SSSR count). The molecule has 2 aromatic carbocycles. The lowest BCUT2D eigenvalue weighted by Gasteiger charge is -2.31. The summed E-state index contributed by atoms with van der Waals surface area (Å²) < 4.78 is 28.3. The van der Waals surface area contributed by atoms with Crippen molar-refractivity contribution in [2.75, 3.05) is 13.6 Å². The molecule has 0 radical (unpaired) electrons. The zero-order valence-electron chi connectivity index (χ0n) is 17.9. The number of hydrogen-bond acceptors (Lipinski definition) is 6. The van der Waals surface area contributed by atoms with E-state index in [0.29, 0.717) is 5.69 Å². The number of rotatable bonds is 6. The number of fused-ring (bicyclic) bond motifs is 1. The van der Waals surface area contributed by atoms with Crippen LogP contribution in [0.4, 0.5) is 0 Å². The monoisotopic (exact) mass is 484 g/mol. The minimum atomic E-state index is -4.00. The molecule has 172 valence electrons. The molecule has 1 fully saturated rings. The Morgan fingerprint density at radius 1 is 1.12 bits per heavy atom. The second kappa shape index (κ2) is 9.12. The van der Waals surface area contributed by atoms with Gasteiger partial charge in [0.1, 0.15) is 6.04 Å². The van der Waals surface area contributed by atoms with Gasteiger partial charge in [0.25, 0.3) is 0 Å². The van der Waals surface area contributed by atoms with Crippen LogP contribution in [0.2, 0.25) is 0 Å². The van der Waals surface area contributed by atoms with Crippen LogP contribution in [0.15, 0.2) is 71.8 Å². The summed E-state index contributed by atoms with van der Waals surface area (Å²) in [6.07, 6.45) is 1.71. The first-order valence-corrected chi connectivity index (χ1v) is 12.3. The van der Waals surface area contributed by atoms with E-state index in [1.807, 2.05) is 24.3 Å². The maximum atomic E-state index is 13.6. The quantitative estimate of drug-likeness (QED) is 0.520. The van der Waals surface area contributed by atoms with Gasteiger partial charge in [-0.05, 0) is 41.5 Å². The number of benzene rings is 2. The van der Waals surface area contributed by atoms with Gasteiger partial charge < -0.3 is 10.6 Å². The number of sulfonamides is 1. The summed E-state index contributed by atoms with van der Waals surface area (Å²) in [4.78, 5) is 31.1. The third kappa shape index (κ3) is 4.46. The Morgan fingerprint density at radius 3 is 2.48 bits per heavy atom. The first kappa shape index (κ1) is 23.2. The molecule has 2 N–H and O–H groups in total. The highest BCUT2D eigenvalue weighted by atomic mass is 32.2. The van der Waals surface area contributed by atoms with Crippen LogP contribution in [0, 0.1) is 0 Å². The highest BCUT2D eigenvalue weighted by Crippen LogP contribution is 2.32. The number of pyridine rings is 1. The molecule has 0 saturated carbocycles. The second-order valence-electron chi connectivity index (χ2n) is 8.00. The largest absolute Gasteiger partial charge is 0.368 e. The highest BCUT2D eigenvalue weighted by Gasteiger charge is 2.45. The number of thiol groups is 1. The van der Waals surface area contributed by atoms with Gasteiger partial charge in [-0.25, -0.2) is 8.42 Å². The summed E-state index contributed by atoms with van der Waals surface area (Å²) in [7, 11) is -2.57. The number of likely N-dealkylation sites (N-methyl/N-ethyl adjacent to an activating group) is 1. The zero-order valence-corrected chi connectivity index (χ0v) is 19.6. The number of primary amides is 1. The average molecular weight is 485 g/mol. The molecule has 1 aliphatic heterocycles. The van der Waals surface area contributed by atoms with E-state index < -0.39 is 33.9 Å². The van der Waals surface area contributed by atoms with E-state index in [0.717, 1.165) is 10.8 Å². The number of nitrogens with zero attached hydrogens (tertiary/aromatic N) is 3. The highest BCUT2D eigenvalue weighted by molar-refractivity contribution is 7.89. The number of carbonyl (C=O) groups excluding carboxylic acids is 2. The van der Waals surface area contributed by atoms with Crippen molar-refractivity contribution < 1.29 is 18.0 Å². The van der Waals surface area contributed by atoms with Crippen molar-refractivity contribution in [1.29, 1.82) is 0 Å². The SMILES string of the molecule is CN(C(=O)[C@@H]1C[C@@H](S)CN1S(=O)(=O)c1ccc2ccccc2c1)C(C(N)=O)c1ccccn1. The smallest absolute Gasteiger partial charge is 0.246 e. The first-order valence-electron chi connectivity index (χ1n) is 10.4. The summed E-state index contributed by atoms with van der Waals surface area (Å²) in [6.45, 7) is 0.0767. The Kier molecular flexibility index (Phi) is 6.42. The van der Waals surface area contributed by atoms with Gasteiger partial charge >= 0.3 is 0 Å². The fourth-order valence-corrected chi connectivity index (χ4v) is 6.33. The van der Waals surface area contributed by atoms with Gasteiger partial charge in [-0.1, -0.05) is 36.4 Å². The summed E-state index contributed by atoms with van der Waals surface area (Å²) in [5.41, 5.74) is 5.89. The third-order valence-corrected chi connectivity index (χ3v) is 8.06. The molecule has 0 aliphatic carbocycles. The summed E-state index contributed by atoms with van der Waals surface area (Å²) in [5, 5.41) is 1.37. The molecule has 0 spiro atoms. The van der Waals surface area contributed by atoms with Crippen molar-refractivity contribution in [2.24, 2.45) is 5.73 Å². The minimum absolute atomic E-state index is 0.0767. The molecule has 0 bridgehead atoms. The number of nitrogens with two attached hydrogens (primary N) is 1. The van der Waals surface area contributed by atoms with Crippen LogP contribution < -0.4 is 5.73 Å². The Balaban J connectivity index is 1.67.